The Morgan fingerprint density at radius 1 is 1.15 bits per heavy atom. The van der Waals surface area contributed by atoms with Crippen molar-refractivity contribution in [3.05, 3.63) is 0 Å². The van der Waals surface area contributed by atoms with Crippen LogP contribution in [-0.4, -0.2) is 62.0 Å². The molecular formula is C9H17N3O7S. The van der Waals surface area contributed by atoms with Gasteiger partial charge in [-0.05, 0) is 6.42 Å². The van der Waals surface area contributed by atoms with Crippen molar-refractivity contribution in [1.82, 2.24) is 15.4 Å². The number of carboxylic acids is 2. The molecule has 0 radical (unpaired) electrons. The topological polar surface area (TPSA) is 162 Å². The summed E-state index contributed by atoms with van der Waals surface area (Å²) in [4.78, 5) is 32.4. The standard InChI is InChI=1S/C9H17N3O7S/c1-20(18,19)11-5-4-10-9(17)12-6(8(15)16)2-3-7(13)14/h6,11H,2-5H2,1H3,(H,13,14)(H,15,16)(H2,10,12,17). The summed E-state index contributed by atoms with van der Waals surface area (Å²) in [6.07, 6.45) is 0.311. The largest absolute Gasteiger partial charge is 0.481 e. The molecule has 5 N–H and O–H groups in total. The molecule has 0 heterocycles. The monoisotopic (exact) mass is 311 g/mol. The van der Waals surface area contributed by atoms with Crippen molar-refractivity contribution in [2.45, 2.75) is 18.9 Å². The van der Waals surface area contributed by atoms with Crippen LogP contribution >= 0.6 is 0 Å². The van der Waals surface area contributed by atoms with E-state index >= 15 is 0 Å². The third kappa shape index (κ3) is 10.1. The van der Waals surface area contributed by atoms with Gasteiger partial charge in [0.2, 0.25) is 10.0 Å². The summed E-state index contributed by atoms with van der Waals surface area (Å²) in [7, 11) is -3.36. The molecule has 10 nitrogen and oxygen atoms in total. The first-order valence-corrected chi connectivity index (χ1v) is 7.44. The number of urea groups is 1. The molecule has 1 atom stereocenters. The van der Waals surface area contributed by atoms with Crippen molar-refractivity contribution in [3.8, 4) is 0 Å². The van der Waals surface area contributed by atoms with E-state index in [0.29, 0.717) is 0 Å². The van der Waals surface area contributed by atoms with Crippen LogP contribution in [-0.2, 0) is 19.6 Å². The molecule has 0 aromatic heterocycles. The predicted molar refractivity (Wildman–Crippen MR) is 67.7 cm³/mol. The molecule has 0 aromatic rings. The maximum atomic E-state index is 11.3. The number of carbonyl (C=O) groups excluding carboxylic acids is 1. The van der Waals surface area contributed by atoms with Crippen LogP contribution in [0.1, 0.15) is 12.8 Å². The minimum absolute atomic E-state index is 0.0375. The molecule has 0 aliphatic heterocycles. The Kier molecular flexibility index (Phi) is 7.54. The summed E-state index contributed by atoms with van der Waals surface area (Å²) < 4.78 is 23.6. The third-order valence-corrected chi connectivity index (χ3v) is 2.75. The Morgan fingerprint density at radius 3 is 2.20 bits per heavy atom. The van der Waals surface area contributed by atoms with Gasteiger partial charge in [-0.15, -0.1) is 0 Å². The molecule has 20 heavy (non-hydrogen) atoms. The quantitative estimate of drug-likeness (QED) is 0.312. The van der Waals surface area contributed by atoms with E-state index in [1.54, 1.807) is 0 Å². The number of carboxylic acid groups (broad SMARTS) is 2. The van der Waals surface area contributed by atoms with Crippen molar-refractivity contribution in [3.63, 3.8) is 0 Å². The summed E-state index contributed by atoms with van der Waals surface area (Å²) in [6, 6.07) is -2.15. The van der Waals surface area contributed by atoms with Gasteiger partial charge in [-0.25, -0.2) is 22.7 Å². The minimum Gasteiger partial charge on any atom is -0.481 e. The van der Waals surface area contributed by atoms with Gasteiger partial charge in [0, 0.05) is 19.5 Å². The first kappa shape index (κ1) is 18.1. The van der Waals surface area contributed by atoms with E-state index in [-0.39, 0.29) is 19.5 Å². The van der Waals surface area contributed by atoms with E-state index in [9.17, 15) is 22.8 Å². The summed E-state index contributed by atoms with van der Waals surface area (Å²) >= 11 is 0. The lowest BCUT2D eigenvalue weighted by molar-refractivity contribution is -0.140. The van der Waals surface area contributed by atoms with Crippen molar-refractivity contribution >= 4 is 28.0 Å². The second-order valence-corrected chi connectivity index (χ2v) is 5.72. The number of aliphatic carboxylic acids is 2. The molecule has 2 amide bonds. The predicted octanol–water partition coefficient (Wildman–Crippen LogP) is -1.85. The SMILES string of the molecule is CS(=O)(=O)NCCNC(=O)NC(CCC(=O)O)C(=O)O. The number of sulfonamides is 1. The second kappa shape index (κ2) is 8.32. The van der Waals surface area contributed by atoms with Crippen LogP contribution in [0.25, 0.3) is 0 Å². The fraction of sp³-hybridized carbons (Fsp3) is 0.667. The van der Waals surface area contributed by atoms with E-state index < -0.39 is 40.5 Å². The number of carbonyl (C=O) groups is 3. The molecule has 116 valence electrons. The van der Waals surface area contributed by atoms with Crippen LogP contribution < -0.4 is 15.4 Å². The number of hydrogen-bond acceptors (Lipinski definition) is 5. The lowest BCUT2D eigenvalue weighted by Gasteiger charge is -2.14. The van der Waals surface area contributed by atoms with Gasteiger partial charge in [0.25, 0.3) is 0 Å². The van der Waals surface area contributed by atoms with E-state index in [2.05, 4.69) is 15.4 Å². The smallest absolute Gasteiger partial charge is 0.326 e. The molecule has 0 saturated carbocycles. The number of amides is 2. The first-order valence-electron chi connectivity index (χ1n) is 5.55. The number of hydrogen-bond donors (Lipinski definition) is 5. The van der Waals surface area contributed by atoms with Gasteiger partial charge in [0.15, 0.2) is 0 Å². The Morgan fingerprint density at radius 2 is 1.75 bits per heavy atom. The molecule has 1 unspecified atom stereocenters. The molecular weight excluding hydrogens is 294 g/mol. The lowest BCUT2D eigenvalue weighted by Crippen LogP contribution is -2.47. The van der Waals surface area contributed by atoms with Crippen LogP contribution in [0.2, 0.25) is 0 Å². The molecule has 0 rings (SSSR count). The van der Waals surface area contributed by atoms with Gasteiger partial charge < -0.3 is 20.8 Å². The van der Waals surface area contributed by atoms with Gasteiger partial charge >= 0.3 is 18.0 Å². The molecule has 0 aliphatic carbocycles. The molecule has 0 aromatic carbocycles. The van der Waals surface area contributed by atoms with E-state index in [1.165, 1.54) is 0 Å². The minimum atomic E-state index is -3.36. The average molecular weight is 311 g/mol. The highest BCUT2D eigenvalue weighted by atomic mass is 32.2. The zero-order valence-electron chi connectivity index (χ0n) is 10.7. The first-order chi connectivity index (χ1) is 9.11. The Hall–Kier alpha value is -1.88. The number of nitrogens with one attached hydrogen (secondary N) is 3. The molecule has 0 fully saturated rings. The summed E-state index contributed by atoms with van der Waals surface area (Å²) in [5, 5.41) is 21.5. The zero-order valence-corrected chi connectivity index (χ0v) is 11.6. The van der Waals surface area contributed by atoms with Crippen molar-refractivity contribution in [2.75, 3.05) is 19.3 Å². The highest BCUT2D eigenvalue weighted by Crippen LogP contribution is 1.97. The van der Waals surface area contributed by atoms with Crippen LogP contribution in [0.15, 0.2) is 0 Å². The molecule has 0 spiro atoms. The Labute approximate surface area is 115 Å². The fourth-order valence-corrected chi connectivity index (χ4v) is 1.62. The molecule has 0 aliphatic rings. The van der Waals surface area contributed by atoms with Crippen molar-refractivity contribution in [2.24, 2.45) is 0 Å². The maximum absolute atomic E-state index is 11.3. The van der Waals surface area contributed by atoms with Gasteiger partial charge in [-0.3, -0.25) is 4.79 Å². The Balaban J connectivity index is 4.07. The highest BCUT2D eigenvalue weighted by Gasteiger charge is 2.20. The van der Waals surface area contributed by atoms with E-state index in [0.717, 1.165) is 6.26 Å². The van der Waals surface area contributed by atoms with Crippen molar-refractivity contribution in [1.29, 1.82) is 0 Å². The normalized spacial score (nSPS) is 12.4. The molecule has 0 bridgehead atoms. The highest BCUT2D eigenvalue weighted by molar-refractivity contribution is 7.88. The van der Waals surface area contributed by atoms with Gasteiger partial charge in [0.1, 0.15) is 6.04 Å². The summed E-state index contributed by atoms with van der Waals surface area (Å²) in [5.74, 6) is -2.52. The maximum Gasteiger partial charge on any atom is 0.326 e. The Bertz CT molecular complexity index is 462. The number of rotatable bonds is 9. The fourth-order valence-electron chi connectivity index (χ4n) is 1.15. The molecule has 0 saturated heterocycles. The van der Waals surface area contributed by atoms with Crippen LogP contribution in [0.3, 0.4) is 0 Å². The molecule has 11 heteroatoms. The van der Waals surface area contributed by atoms with Crippen LogP contribution in [0, 0.1) is 0 Å². The van der Waals surface area contributed by atoms with Crippen LogP contribution in [0.5, 0.6) is 0 Å². The lowest BCUT2D eigenvalue weighted by atomic mass is 10.1. The van der Waals surface area contributed by atoms with Crippen LogP contribution in [0.4, 0.5) is 4.79 Å². The van der Waals surface area contributed by atoms with Gasteiger partial charge in [-0.1, -0.05) is 0 Å². The van der Waals surface area contributed by atoms with Gasteiger partial charge in [0.05, 0.1) is 6.26 Å². The van der Waals surface area contributed by atoms with Crippen molar-refractivity contribution < 1.29 is 33.0 Å². The van der Waals surface area contributed by atoms with Gasteiger partial charge in [-0.2, -0.15) is 0 Å². The second-order valence-electron chi connectivity index (χ2n) is 3.89. The summed E-state index contributed by atoms with van der Waals surface area (Å²) in [5.41, 5.74) is 0. The zero-order chi connectivity index (χ0) is 15.8. The third-order valence-electron chi connectivity index (χ3n) is 2.03. The average Bonchev–Trinajstić information content (AvgIpc) is 2.28. The van der Waals surface area contributed by atoms with E-state index in [1.807, 2.05) is 0 Å². The van der Waals surface area contributed by atoms with E-state index in [4.69, 9.17) is 10.2 Å². The summed E-state index contributed by atoms with van der Waals surface area (Å²) in [6.45, 7) is -0.0801.